The fourth-order valence-corrected chi connectivity index (χ4v) is 2.23. The van der Waals surface area contributed by atoms with Crippen LogP contribution >= 0.6 is 0 Å². The molecule has 0 unspecified atom stereocenters. The van der Waals surface area contributed by atoms with Crippen LogP contribution in [0.3, 0.4) is 0 Å². The number of H-pyrrole nitrogens is 1. The summed E-state index contributed by atoms with van der Waals surface area (Å²) >= 11 is 0. The summed E-state index contributed by atoms with van der Waals surface area (Å²) < 4.78 is 0. The summed E-state index contributed by atoms with van der Waals surface area (Å²) in [5.74, 6) is 0.702. The van der Waals surface area contributed by atoms with E-state index in [9.17, 15) is 5.11 Å². The number of hydrogen-bond acceptors (Lipinski definition) is 3. The van der Waals surface area contributed by atoms with Gasteiger partial charge in [0.25, 0.3) is 0 Å². The van der Waals surface area contributed by atoms with E-state index in [0.717, 1.165) is 27.9 Å². The van der Waals surface area contributed by atoms with Crippen molar-refractivity contribution in [1.82, 2.24) is 15.0 Å². The summed E-state index contributed by atoms with van der Waals surface area (Å²) in [4.78, 5) is 12.2. The highest BCUT2D eigenvalue weighted by atomic mass is 16.3. The van der Waals surface area contributed by atoms with Gasteiger partial charge in [-0.2, -0.15) is 0 Å². The molecule has 3 rings (SSSR count). The third-order valence-corrected chi connectivity index (χ3v) is 3.31. The Hall–Kier alpha value is -2.20. The van der Waals surface area contributed by atoms with Gasteiger partial charge in [-0.3, -0.25) is 4.98 Å². The summed E-state index contributed by atoms with van der Waals surface area (Å²) in [5, 5.41) is 9.50. The fraction of sp³-hybridized carbons (Fsp3) is 0.200. The predicted octanol–water partition coefficient (Wildman–Crippen LogP) is 2.73. The molecule has 2 aromatic heterocycles. The number of aliphatic hydroxyl groups is 1. The number of nitrogens with zero attached hydrogens (tertiary/aromatic N) is 2. The molecule has 0 aliphatic carbocycles. The molecule has 0 saturated carbocycles. The summed E-state index contributed by atoms with van der Waals surface area (Å²) in [6.45, 7) is 3.97. The minimum absolute atomic E-state index is 0.0366. The van der Waals surface area contributed by atoms with E-state index in [1.807, 2.05) is 32.0 Å². The first-order chi connectivity index (χ1) is 9.19. The molecule has 4 nitrogen and oxygen atoms in total. The van der Waals surface area contributed by atoms with Gasteiger partial charge < -0.3 is 10.1 Å². The number of imidazole rings is 1. The zero-order valence-corrected chi connectivity index (χ0v) is 10.9. The Morgan fingerprint density at radius 3 is 2.84 bits per heavy atom. The standard InChI is InChI=1S/C15H15N3O/c1-9-3-4-12-13(7-9)18-15(17-12)14-11(8-19)10(2)5-6-16-14/h3-7,19H,8H2,1-2H3,(H,17,18). The lowest BCUT2D eigenvalue weighted by Gasteiger charge is -2.06. The lowest BCUT2D eigenvalue weighted by molar-refractivity contribution is 0.281. The molecule has 0 aliphatic rings. The van der Waals surface area contributed by atoms with E-state index in [2.05, 4.69) is 21.0 Å². The number of benzene rings is 1. The van der Waals surface area contributed by atoms with Gasteiger partial charge in [-0.1, -0.05) is 6.07 Å². The maximum absolute atomic E-state index is 9.50. The second-order valence-corrected chi connectivity index (χ2v) is 4.72. The van der Waals surface area contributed by atoms with Gasteiger partial charge >= 0.3 is 0 Å². The van der Waals surface area contributed by atoms with Crippen LogP contribution in [0.5, 0.6) is 0 Å². The normalized spacial score (nSPS) is 11.1. The maximum Gasteiger partial charge on any atom is 0.157 e. The molecule has 2 N–H and O–H groups in total. The van der Waals surface area contributed by atoms with Crippen LogP contribution in [0.2, 0.25) is 0 Å². The van der Waals surface area contributed by atoms with E-state index in [0.29, 0.717) is 5.82 Å². The van der Waals surface area contributed by atoms with Crippen molar-refractivity contribution in [3.05, 3.63) is 47.2 Å². The number of hydrogen-bond donors (Lipinski definition) is 2. The number of aryl methyl sites for hydroxylation is 2. The highest BCUT2D eigenvalue weighted by molar-refractivity contribution is 5.80. The van der Waals surface area contributed by atoms with Crippen molar-refractivity contribution in [2.45, 2.75) is 20.5 Å². The van der Waals surface area contributed by atoms with Crippen LogP contribution in [0, 0.1) is 13.8 Å². The number of fused-ring (bicyclic) bond motifs is 1. The smallest absolute Gasteiger partial charge is 0.157 e. The van der Waals surface area contributed by atoms with Crippen LogP contribution in [-0.2, 0) is 6.61 Å². The number of pyridine rings is 1. The van der Waals surface area contributed by atoms with E-state index in [1.165, 1.54) is 5.56 Å². The zero-order chi connectivity index (χ0) is 13.4. The Bertz CT molecular complexity index is 746. The van der Waals surface area contributed by atoms with E-state index in [4.69, 9.17) is 0 Å². The van der Waals surface area contributed by atoms with Crippen molar-refractivity contribution in [3.63, 3.8) is 0 Å². The summed E-state index contributed by atoms with van der Waals surface area (Å²) in [6, 6.07) is 7.96. The van der Waals surface area contributed by atoms with E-state index in [1.54, 1.807) is 6.20 Å². The number of aliphatic hydroxyl groups excluding tert-OH is 1. The molecule has 96 valence electrons. The van der Waals surface area contributed by atoms with Gasteiger partial charge in [0.15, 0.2) is 5.82 Å². The largest absolute Gasteiger partial charge is 0.392 e. The van der Waals surface area contributed by atoms with Crippen molar-refractivity contribution in [2.75, 3.05) is 0 Å². The molecule has 2 heterocycles. The molecular weight excluding hydrogens is 238 g/mol. The van der Waals surface area contributed by atoms with Gasteiger partial charge in [0.1, 0.15) is 5.69 Å². The quantitative estimate of drug-likeness (QED) is 0.738. The third kappa shape index (κ3) is 2.00. The first-order valence-corrected chi connectivity index (χ1v) is 6.21. The van der Waals surface area contributed by atoms with Crippen molar-refractivity contribution in [1.29, 1.82) is 0 Å². The van der Waals surface area contributed by atoms with Crippen molar-refractivity contribution in [2.24, 2.45) is 0 Å². The molecule has 0 amide bonds. The Balaban J connectivity index is 2.22. The first kappa shape index (κ1) is 11.9. The average molecular weight is 253 g/mol. The van der Waals surface area contributed by atoms with Crippen LogP contribution in [0.1, 0.15) is 16.7 Å². The summed E-state index contributed by atoms with van der Waals surface area (Å²) in [5.41, 5.74) is 5.64. The minimum Gasteiger partial charge on any atom is -0.392 e. The molecule has 0 aliphatic heterocycles. The molecule has 0 saturated heterocycles. The Labute approximate surface area is 111 Å². The number of aromatic nitrogens is 3. The fourth-order valence-electron chi connectivity index (χ4n) is 2.23. The van der Waals surface area contributed by atoms with Crippen LogP contribution in [0.4, 0.5) is 0 Å². The van der Waals surface area contributed by atoms with Gasteiger partial charge in [-0.05, 0) is 43.2 Å². The zero-order valence-electron chi connectivity index (χ0n) is 10.9. The molecule has 0 spiro atoms. The summed E-state index contributed by atoms with van der Waals surface area (Å²) in [6.07, 6.45) is 1.74. The topological polar surface area (TPSA) is 61.8 Å². The van der Waals surface area contributed by atoms with Gasteiger partial charge in [-0.15, -0.1) is 0 Å². The van der Waals surface area contributed by atoms with Crippen LogP contribution in [-0.4, -0.2) is 20.1 Å². The lowest BCUT2D eigenvalue weighted by Crippen LogP contribution is -1.97. The lowest BCUT2D eigenvalue weighted by atomic mass is 10.1. The van der Waals surface area contributed by atoms with Crippen molar-refractivity contribution >= 4 is 11.0 Å². The highest BCUT2D eigenvalue weighted by Gasteiger charge is 2.12. The Morgan fingerprint density at radius 2 is 2.05 bits per heavy atom. The monoisotopic (exact) mass is 253 g/mol. The maximum atomic E-state index is 9.50. The Kier molecular flexibility index (Phi) is 2.80. The van der Waals surface area contributed by atoms with E-state index >= 15 is 0 Å². The second kappa shape index (κ2) is 4.48. The number of rotatable bonds is 2. The van der Waals surface area contributed by atoms with Gasteiger partial charge in [0.05, 0.1) is 17.6 Å². The average Bonchev–Trinajstić information content (AvgIpc) is 2.81. The van der Waals surface area contributed by atoms with Crippen LogP contribution in [0.25, 0.3) is 22.6 Å². The first-order valence-electron chi connectivity index (χ1n) is 6.21. The van der Waals surface area contributed by atoms with Gasteiger partial charge in [-0.25, -0.2) is 4.98 Å². The molecule has 0 bridgehead atoms. The molecule has 1 aromatic carbocycles. The second-order valence-electron chi connectivity index (χ2n) is 4.72. The van der Waals surface area contributed by atoms with E-state index in [-0.39, 0.29) is 6.61 Å². The molecule has 3 aromatic rings. The minimum atomic E-state index is -0.0366. The van der Waals surface area contributed by atoms with Crippen molar-refractivity contribution in [3.8, 4) is 11.5 Å². The summed E-state index contributed by atoms with van der Waals surface area (Å²) in [7, 11) is 0. The van der Waals surface area contributed by atoms with Gasteiger partial charge in [0, 0.05) is 11.8 Å². The molecular formula is C15H15N3O. The molecule has 4 heteroatoms. The molecule has 0 radical (unpaired) electrons. The van der Waals surface area contributed by atoms with Gasteiger partial charge in [0.2, 0.25) is 0 Å². The predicted molar refractivity (Wildman–Crippen MR) is 74.7 cm³/mol. The van der Waals surface area contributed by atoms with Crippen LogP contribution < -0.4 is 0 Å². The number of nitrogens with one attached hydrogen (secondary N) is 1. The van der Waals surface area contributed by atoms with E-state index < -0.39 is 0 Å². The molecule has 0 fully saturated rings. The highest BCUT2D eigenvalue weighted by Crippen LogP contribution is 2.24. The van der Waals surface area contributed by atoms with Crippen molar-refractivity contribution < 1.29 is 5.11 Å². The Morgan fingerprint density at radius 1 is 1.21 bits per heavy atom. The SMILES string of the molecule is Cc1ccc2nc(-c3nccc(C)c3CO)[nH]c2c1. The number of aromatic amines is 1. The molecule has 0 atom stereocenters. The van der Waals surface area contributed by atoms with Crippen LogP contribution in [0.15, 0.2) is 30.5 Å². The third-order valence-electron chi connectivity index (χ3n) is 3.31. The molecule has 19 heavy (non-hydrogen) atoms.